The minimum Gasteiger partial charge on any atom is -0.476 e. The highest BCUT2D eigenvalue weighted by Gasteiger charge is 2.08. The third-order valence-corrected chi connectivity index (χ3v) is 1.90. The van der Waals surface area contributed by atoms with Gasteiger partial charge < -0.3 is 10.1 Å². The number of nitrogens with one attached hydrogen (secondary N) is 1. The van der Waals surface area contributed by atoms with Gasteiger partial charge >= 0.3 is 0 Å². The molecule has 0 saturated heterocycles. The molecule has 1 aliphatic heterocycles. The molecule has 2 rings (SSSR count). The highest BCUT2D eigenvalue weighted by molar-refractivity contribution is 5.29. The Balaban J connectivity index is 2.36. The Morgan fingerprint density at radius 3 is 3.42 bits per heavy atom. The average molecular weight is 164 g/mol. The van der Waals surface area contributed by atoms with Crippen molar-refractivity contribution in [1.82, 2.24) is 10.3 Å². The predicted molar refractivity (Wildman–Crippen MR) is 46.2 cm³/mol. The molecule has 0 amide bonds. The summed E-state index contributed by atoms with van der Waals surface area (Å²) in [5.41, 5.74) is 2.34. The van der Waals surface area contributed by atoms with E-state index in [-0.39, 0.29) is 0 Å². The zero-order valence-corrected chi connectivity index (χ0v) is 7.13. The van der Waals surface area contributed by atoms with E-state index in [1.165, 1.54) is 5.56 Å². The van der Waals surface area contributed by atoms with E-state index in [9.17, 15) is 0 Å². The van der Waals surface area contributed by atoms with Gasteiger partial charge in [-0.1, -0.05) is 0 Å². The van der Waals surface area contributed by atoms with E-state index in [1.807, 2.05) is 13.1 Å². The topological polar surface area (TPSA) is 34.2 Å². The second kappa shape index (κ2) is 3.11. The standard InChI is InChI=1S/C9H12N2O/c1-7-4-8-6-10-2-3-12-9(8)11-5-7/h4-5,10H,2-3,6H2,1H3. The molecule has 1 aliphatic rings. The molecule has 1 aromatic heterocycles. The fourth-order valence-electron chi connectivity index (χ4n) is 1.32. The molecular weight excluding hydrogens is 152 g/mol. The van der Waals surface area contributed by atoms with Gasteiger partial charge in [-0.05, 0) is 18.6 Å². The molecule has 0 fully saturated rings. The molecule has 0 radical (unpaired) electrons. The molecule has 1 N–H and O–H groups in total. The lowest BCUT2D eigenvalue weighted by atomic mass is 10.2. The van der Waals surface area contributed by atoms with Gasteiger partial charge in [-0.25, -0.2) is 4.98 Å². The second-order valence-corrected chi connectivity index (χ2v) is 3.00. The van der Waals surface area contributed by atoms with Crippen LogP contribution in [0.3, 0.4) is 0 Å². The summed E-state index contributed by atoms with van der Waals surface area (Å²) in [4.78, 5) is 4.22. The average Bonchev–Trinajstić information content (AvgIpc) is 2.28. The molecule has 2 heterocycles. The lowest BCUT2D eigenvalue weighted by molar-refractivity contribution is 0.314. The van der Waals surface area contributed by atoms with Crippen LogP contribution in [0.4, 0.5) is 0 Å². The van der Waals surface area contributed by atoms with Crippen LogP contribution in [0.2, 0.25) is 0 Å². The van der Waals surface area contributed by atoms with Gasteiger partial charge in [-0.3, -0.25) is 0 Å². The molecule has 0 atom stereocenters. The molecule has 1 aromatic rings. The van der Waals surface area contributed by atoms with Gasteiger partial charge in [0.05, 0.1) is 0 Å². The maximum Gasteiger partial charge on any atom is 0.217 e. The van der Waals surface area contributed by atoms with Crippen molar-refractivity contribution in [1.29, 1.82) is 0 Å². The van der Waals surface area contributed by atoms with Crippen LogP contribution in [-0.2, 0) is 6.54 Å². The van der Waals surface area contributed by atoms with Crippen molar-refractivity contribution in [2.24, 2.45) is 0 Å². The quantitative estimate of drug-likeness (QED) is 0.618. The molecule has 0 unspecified atom stereocenters. The summed E-state index contributed by atoms with van der Waals surface area (Å²) in [5, 5.41) is 3.27. The fraction of sp³-hybridized carbons (Fsp3) is 0.444. The smallest absolute Gasteiger partial charge is 0.217 e. The van der Waals surface area contributed by atoms with Gasteiger partial charge in [-0.2, -0.15) is 0 Å². The van der Waals surface area contributed by atoms with E-state index >= 15 is 0 Å². The van der Waals surface area contributed by atoms with Crippen molar-refractivity contribution < 1.29 is 4.74 Å². The van der Waals surface area contributed by atoms with Crippen molar-refractivity contribution >= 4 is 0 Å². The number of hydrogen-bond donors (Lipinski definition) is 1. The van der Waals surface area contributed by atoms with Gasteiger partial charge in [-0.15, -0.1) is 0 Å². The molecule has 3 nitrogen and oxygen atoms in total. The summed E-state index contributed by atoms with van der Waals surface area (Å²) in [6.45, 7) is 4.51. The molecule has 0 spiro atoms. The molecule has 64 valence electrons. The number of rotatable bonds is 0. The molecule has 3 heteroatoms. The second-order valence-electron chi connectivity index (χ2n) is 3.00. The van der Waals surface area contributed by atoms with Crippen LogP contribution >= 0.6 is 0 Å². The van der Waals surface area contributed by atoms with Crippen molar-refractivity contribution in [2.75, 3.05) is 13.2 Å². The SMILES string of the molecule is Cc1cnc2c(c1)CNCCO2. The summed E-state index contributed by atoms with van der Waals surface area (Å²) in [6.07, 6.45) is 1.84. The summed E-state index contributed by atoms with van der Waals surface area (Å²) in [5.74, 6) is 0.783. The van der Waals surface area contributed by atoms with Crippen LogP contribution in [0.25, 0.3) is 0 Å². The molecule has 0 saturated carbocycles. The van der Waals surface area contributed by atoms with E-state index in [0.29, 0.717) is 6.61 Å². The summed E-state index contributed by atoms with van der Waals surface area (Å²) >= 11 is 0. The van der Waals surface area contributed by atoms with Gasteiger partial charge in [0, 0.05) is 24.8 Å². The van der Waals surface area contributed by atoms with Crippen LogP contribution in [0, 0.1) is 6.92 Å². The largest absolute Gasteiger partial charge is 0.476 e. The zero-order valence-electron chi connectivity index (χ0n) is 7.13. The van der Waals surface area contributed by atoms with Crippen LogP contribution in [0.1, 0.15) is 11.1 Å². The van der Waals surface area contributed by atoms with Crippen LogP contribution in [0.5, 0.6) is 5.88 Å². The molecule has 0 bridgehead atoms. The van der Waals surface area contributed by atoms with E-state index in [0.717, 1.165) is 24.5 Å². The highest BCUT2D eigenvalue weighted by atomic mass is 16.5. The first-order chi connectivity index (χ1) is 5.86. The minimum absolute atomic E-state index is 0.711. The van der Waals surface area contributed by atoms with Crippen molar-refractivity contribution in [2.45, 2.75) is 13.5 Å². The Kier molecular flexibility index (Phi) is 1.96. The lowest BCUT2D eigenvalue weighted by Gasteiger charge is -2.04. The van der Waals surface area contributed by atoms with Crippen LogP contribution in [-0.4, -0.2) is 18.1 Å². The van der Waals surface area contributed by atoms with E-state index < -0.39 is 0 Å². The van der Waals surface area contributed by atoms with Gasteiger partial charge in [0.15, 0.2) is 0 Å². The number of aromatic nitrogens is 1. The Hall–Kier alpha value is -1.09. The summed E-state index contributed by atoms with van der Waals surface area (Å²) in [7, 11) is 0. The maximum absolute atomic E-state index is 5.43. The van der Waals surface area contributed by atoms with Crippen molar-refractivity contribution in [3.63, 3.8) is 0 Å². The van der Waals surface area contributed by atoms with Gasteiger partial charge in [0.2, 0.25) is 5.88 Å². The number of hydrogen-bond acceptors (Lipinski definition) is 3. The van der Waals surface area contributed by atoms with E-state index in [2.05, 4.69) is 16.4 Å². The number of nitrogens with zero attached hydrogens (tertiary/aromatic N) is 1. The van der Waals surface area contributed by atoms with Crippen molar-refractivity contribution in [3.8, 4) is 5.88 Å². The molecular formula is C9H12N2O. The Bertz CT molecular complexity index is 286. The first kappa shape index (κ1) is 7.55. The van der Waals surface area contributed by atoms with Crippen LogP contribution < -0.4 is 10.1 Å². The zero-order chi connectivity index (χ0) is 8.39. The monoisotopic (exact) mass is 164 g/mol. The molecule has 0 aromatic carbocycles. The third-order valence-electron chi connectivity index (χ3n) is 1.90. The number of fused-ring (bicyclic) bond motifs is 1. The number of pyridine rings is 1. The Labute approximate surface area is 71.8 Å². The minimum atomic E-state index is 0.711. The summed E-state index contributed by atoms with van der Waals surface area (Å²) < 4.78 is 5.43. The summed E-state index contributed by atoms with van der Waals surface area (Å²) in [6, 6.07) is 2.11. The molecule has 12 heavy (non-hydrogen) atoms. The highest BCUT2D eigenvalue weighted by Crippen LogP contribution is 2.17. The van der Waals surface area contributed by atoms with E-state index in [4.69, 9.17) is 4.74 Å². The molecule has 0 aliphatic carbocycles. The van der Waals surface area contributed by atoms with E-state index in [1.54, 1.807) is 0 Å². The maximum atomic E-state index is 5.43. The Morgan fingerprint density at radius 2 is 2.50 bits per heavy atom. The third kappa shape index (κ3) is 1.41. The fourth-order valence-corrected chi connectivity index (χ4v) is 1.32. The van der Waals surface area contributed by atoms with Crippen molar-refractivity contribution in [3.05, 3.63) is 23.4 Å². The predicted octanol–water partition coefficient (Wildman–Crippen LogP) is 0.872. The van der Waals surface area contributed by atoms with Crippen LogP contribution in [0.15, 0.2) is 12.3 Å². The van der Waals surface area contributed by atoms with Gasteiger partial charge in [0.1, 0.15) is 6.61 Å². The first-order valence-corrected chi connectivity index (χ1v) is 4.15. The normalized spacial score (nSPS) is 16.1. The Morgan fingerprint density at radius 1 is 1.58 bits per heavy atom. The lowest BCUT2D eigenvalue weighted by Crippen LogP contribution is -2.16. The first-order valence-electron chi connectivity index (χ1n) is 4.15. The number of ether oxygens (including phenoxy) is 1. The number of aryl methyl sites for hydroxylation is 1. The van der Waals surface area contributed by atoms with Gasteiger partial charge in [0.25, 0.3) is 0 Å².